The molecule has 5 nitrogen and oxygen atoms in total. The van der Waals surface area contributed by atoms with E-state index in [1.807, 2.05) is 31.1 Å². The van der Waals surface area contributed by atoms with E-state index in [0.717, 1.165) is 31.3 Å². The molecule has 1 aliphatic rings. The summed E-state index contributed by atoms with van der Waals surface area (Å²) in [7, 11) is 5.76. The molecule has 2 rings (SSSR count). The fraction of sp³-hybridized carbons (Fsp3) is 0.538. The van der Waals surface area contributed by atoms with E-state index in [-0.39, 0.29) is 0 Å². The molecule has 1 N–H and O–H groups in total. The lowest BCUT2D eigenvalue weighted by Crippen LogP contribution is -2.44. The standard InChI is InChI=1S/C13H20ClN5/c1-15-13(18(2)3)17-10-6-8-19(9-10)12-11(14)5-4-7-16-12/h4-5,7,10H,6,8-9H2,1-3H3,(H,15,17). The zero-order valence-electron chi connectivity index (χ0n) is 11.6. The van der Waals surface area contributed by atoms with E-state index in [4.69, 9.17) is 11.6 Å². The lowest BCUT2D eigenvalue weighted by molar-refractivity contribution is 0.548. The molecule has 1 aromatic rings. The van der Waals surface area contributed by atoms with Gasteiger partial charge in [-0.3, -0.25) is 4.99 Å². The van der Waals surface area contributed by atoms with Crippen LogP contribution >= 0.6 is 11.6 Å². The molecule has 1 unspecified atom stereocenters. The van der Waals surface area contributed by atoms with Crippen molar-refractivity contribution in [2.75, 3.05) is 39.1 Å². The molecule has 1 saturated heterocycles. The van der Waals surface area contributed by atoms with E-state index in [1.54, 1.807) is 13.2 Å². The van der Waals surface area contributed by atoms with Crippen molar-refractivity contribution in [1.82, 2.24) is 15.2 Å². The van der Waals surface area contributed by atoms with Gasteiger partial charge in [0.25, 0.3) is 0 Å². The highest BCUT2D eigenvalue weighted by atomic mass is 35.5. The lowest BCUT2D eigenvalue weighted by atomic mass is 10.3. The Hall–Kier alpha value is -1.49. The van der Waals surface area contributed by atoms with Gasteiger partial charge in [-0.05, 0) is 18.6 Å². The van der Waals surface area contributed by atoms with E-state index < -0.39 is 0 Å². The Labute approximate surface area is 119 Å². The zero-order valence-corrected chi connectivity index (χ0v) is 12.4. The number of aromatic nitrogens is 1. The van der Waals surface area contributed by atoms with Crippen molar-refractivity contribution < 1.29 is 0 Å². The predicted octanol–water partition coefficient (Wildman–Crippen LogP) is 1.45. The molecule has 6 heteroatoms. The van der Waals surface area contributed by atoms with Gasteiger partial charge in [0.2, 0.25) is 0 Å². The summed E-state index contributed by atoms with van der Waals surface area (Å²) in [5.74, 6) is 1.77. The maximum Gasteiger partial charge on any atom is 0.193 e. The van der Waals surface area contributed by atoms with Gasteiger partial charge in [0.05, 0.1) is 5.02 Å². The summed E-state index contributed by atoms with van der Waals surface area (Å²) in [5.41, 5.74) is 0. The first-order valence-corrected chi connectivity index (χ1v) is 6.75. The monoisotopic (exact) mass is 281 g/mol. The highest BCUT2D eigenvalue weighted by molar-refractivity contribution is 6.32. The van der Waals surface area contributed by atoms with Gasteiger partial charge in [0.1, 0.15) is 5.82 Å². The molecule has 1 aromatic heterocycles. The minimum absolute atomic E-state index is 0.374. The van der Waals surface area contributed by atoms with Crippen molar-refractivity contribution >= 4 is 23.4 Å². The van der Waals surface area contributed by atoms with Gasteiger partial charge >= 0.3 is 0 Å². The molecule has 104 valence electrons. The van der Waals surface area contributed by atoms with Gasteiger partial charge in [-0.15, -0.1) is 0 Å². The first kappa shape index (κ1) is 13.9. The normalized spacial score (nSPS) is 19.7. The SMILES string of the molecule is CN=C(NC1CCN(c2ncccc2Cl)C1)N(C)C. The second-order valence-electron chi connectivity index (χ2n) is 4.83. The van der Waals surface area contributed by atoms with Crippen LogP contribution in [-0.2, 0) is 0 Å². The van der Waals surface area contributed by atoms with Gasteiger partial charge in [-0.25, -0.2) is 4.98 Å². The summed E-state index contributed by atoms with van der Waals surface area (Å²) in [6, 6.07) is 4.11. The molecule has 0 amide bonds. The van der Waals surface area contributed by atoms with Crippen LogP contribution in [0.5, 0.6) is 0 Å². The molecule has 2 heterocycles. The van der Waals surface area contributed by atoms with Crippen LogP contribution in [0.15, 0.2) is 23.3 Å². The van der Waals surface area contributed by atoms with Crippen LogP contribution < -0.4 is 10.2 Å². The Morgan fingerprint density at radius 3 is 3.00 bits per heavy atom. The maximum absolute atomic E-state index is 6.18. The quantitative estimate of drug-likeness (QED) is 0.658. The number of hydrogen-bond donors (Lipinski definition) is 1. The van der Waals surface area contributed by atoms with Gasteiger partial charge < -0.3 is 15.1 Å². The molecule has 0 radical (unpaired) electrons. The van der Waals surface area contributed by atoms with Gasteiger partial charge in [-0.1, -0.05) is 11.6 Å². The number of anilines is 1. The van der Waals surface area contributed by atoms with Crippen LogP contribution in [0.2, 0.25) is 5.02 Å². The third kappa shape index (κ3) is 3.29. The Morgan fingerprint density at radius 2 is 2.37 bits per heavy atom. The summed E-state index contributed by atoms with van der Waals surface area (Å²) in [6.07, 6.45) is 2.83. The van der Waals surface area contributed by atoms with E-state index in [2.05, 4.69) is 20.2 Å². The molecule has 1 atom stereocenters. The minimum Gasteiger partial charge on any atom is -0.353 e. The van der Waals surface area contributed by atoms with Crippen LogP contribution in [0.3, 0.4) is 0 Å². The van der Waals surface area contributed by atoms with Crippen molar-refractivity contribution in [3.63, 3.8) is 0 Å². The number of nitrogens with zero attached hydrogens (tertiary/aromatic N) is 4. The van der Waals surface area contributed by atoms with Crippen LogP contribution in [0.1, 0.15) is 6.42 Å². The summed E-state index contributed by atoms with van der Waals surface area (Å²) >= 11 is 6.18. The molecular formula is C13H20ClN5. The van der Waals surface area contributed by atoms with Crippen LogP contribution in [-0.4, -0.2) is 56.1 Å². The summed E-state index contributed by atoms with van der Waals surface area (Å²) < 4.78 is 0. The third-order valence-electron chi connectivity index (χ3n) is 3.20. The molecule has 1 aliphatic heterocycles. The molecule has 0 spiro atoms. The molecule has 0 bridgehead atoms. The number of aliphatic imine (C=N–C) groups is 1. The Kier molecular flexibility index (Phi) is 4.47. The average Bonchev–Trinajstić information content (AvgIpc) is 2.84. The molecule has 0 saturated carbocycles. The lowest BCUT2D eigenvalue weighted by Gasteiger charge is -2.22. The van der Waals surface area contributed by atoms with E-state index in [9.17, 15) is 0 Å². The Balaban J connectivity index is 1.99. The van der Waals surface area contributed by atoms with Crippen molar-refractivity contribution in [1.29, 1.82) is 0 Å². The Morgan fingerprint density at radius 1 is 1.58 bits per heavy atom. The third-order valence-corrected chi connectivity index (χ3v) is 3.49. The van der Waals surface area contributed by atoms with Gasteiger partial charge in [-0.2, -0.15) is 0 Å². The Bertz CT molecular complexity index is 460. The second-order valence-corrected chi connectivity index (χ2v) is 5.23. The number of hydrogen-bond acceptors (Lipinski definition) is 3. The number of halogens is 1. The number of nitrogens with one attached hydrogen (secondary N) is 1. The van der Waals surface area contributed by atoms with Crippen LogP contribution in [0.4, 0.5) is 5.82 Å². The number of guanidine groups is 1. The summed E-state index contributed by atoms with van der Waals surface area (Å²) in [5, 5.41) is 4.16. The van der Waals surface area contributed by atoms with Crippen LogP contribution in [0.25, 0.3) is 0 Å². The number of pyridine rings is 1. The first-order chi connectivity index (χ1) is 9.11. The van der Waals surface area contributed by atoms with Gasteiger partial charge in [0, 0.05) is 46.5 Å². The molecule has 0 aliphatic carbocycles. The van der Waals surface area contributed by atoms with Crippen molar-refractivity contribution in [3.8, 4) is 0 Å². The largest absolute Gasteiger partial charge is 0.353 e. The molecule has 1 fully saturated rings. The summed E-state index contributed by atoms with van der Waals surface area (Å²) in [6.45, 7) is 1.85. The highest BCUT2D eigenvalue weighted by Crippen LogP contribution is 2.25. The van der Waals surface area contributed by atoms with Gasteiger partial charge in [0.15, 0.2) is 5.96 Å². The van der Waals surface area contributed by atoms with Crippen LogP contribution in [0, 0.1) is 0 Å². The van der Waals surface area contributed by atoms with Crippen molar-refractivity contribution in [2.24, 2.45) is 4.99 Å². The minimum atomic E-state index is 0.374. The van der Waals surface area contributed by atoms with E-state index in [1.165, 1.54) is 0 Å². The van der Waals surface area contributed by atoms with Crippen molar-refractivity contribution in [2.45, 2.75) is 12.5 Å². The highest BCUT2D eigenvalue weighted by Gasteiger charge is 2.25. The van der Waals surface area contributed by atoms with E-state index >= 15 is 0 Å². The fourth-order valence-corrected chi connectivity index (χ4v) is 2.50. The zero-order chi connectivity index (χ0) is 13.8. The smallest absolute Gasteiger partial charge is 0.193 e. The topological polar surface area (TPSA) is 43.8 Å². The first-order valence-electron chi connectivity index (χ1n) is 6.38. The predicted molar refractivity (Wildman–Crippen MR) is 80.0 cm³/mol. The van der Waals surface area contributed by atoms with E-state index in [0.29, 0.717) is 11.1 Å². The fourth-order valence-electron chi connectivity index (χ4n) is 2.26. The molecule has 0 aromatic carbocycles. The summed E-state index contributed by atoms with van der Waals surface area (Å²) in [4.78, 5) is 12.8. The molecular weight excluding hydrogens is 262 g/mol. The second kappa shape index (κ2) is 6.10. The maximum atomic E-state index is 6.18. The average molecular weight is 282 g/mol. The van der Waals surface area contributed by atoms with Crippen molar-refractivity contribution in [3.05, 3.63) is 23.4 Å². The molecule has 19 heavy (non-hydrogen) atoms. The number of rotatable bonds is 2.